The van der Waals surface area contributed by atoms with Gasteiger partial charge in [-0.1, -0.05) is 13.3 Å². The fourth-order valence-electron chi connectivity index (χ4n) is 3.04. The molecule has 0 radical (unpaired) electrons. The van der Waals surface area contributed by atoms with Crippen LogP contribution in [-0.2, 0) is 10.0 Å². The van der Waals surface area contributed by atoms with Gasteiger partial charge in [-0.05, 0) is 44.9 Å². The Hall–Kier alpha value is -1.37. The Kier molecular flexibility index (Phi) is 4.49. The molecule has 0 spiro atoms. The minimum absolute atomic E-state index is 0.0526. The van der Waals surface area contributed by atoms with Crippen LogP contribution in [0.2, 0.25) is 0 Å². The van der Waals surface area contributed by atoms with Crippen molar-refractivity contribution < 1.29 is 13.2 Å². The van der Waals surface area contributed by atoms with Gasteiger partial charge in [0.15, 0.2) is 0 Å². The molecule has 2 fully saturated rings. The predicted molar refractivity (Wildman–Crippen MR) is 87.8 cm³/mol. The lowest BCUT2D eigenvalue weighted by molar-refractivity contribution is 0.0980. The number of carbonyl (C=O) groups excluding carboxylic acids is 1. The molecule has 128 valence electrons. The van der Waals surface area contributed by atoms with Gasteiger partial charge in [-0.15, -0.1) is 0 Å². The highest BCUT2D eigenvalue weighted by atomic mass is 32.2. The van der Waals surface area contributed by atoms with Crippen LogP contribution in [0.1, 0.15) is 80.4 Å². The van der Waals surface area contributed by atoms with Gasteiger partial charge in [-0.25, -0.2) is 13.1 Å². The summed E-state index contributed by atoms with van der Waals surface area (Å²) in [7, 11) is -3.56. The largest absolute Gasteiger partial charge is 0.268 e. The van der Waals surface area contributed by atoms with Crippen LogP contribution >= 0.6 is 0 Å². The van der Waals surface area contributed by atoms with Gasteiger partial charge < -0.3 is 0 Å². The summed E-state index contributed by atoms with van der Waals surface area (Å²) in [5.41, 5.74) is 1.32. The summed E-state index contributed by atoms with van der Waals surface area (Å²) >= 11 is 0. The molecule has 2 aliphatic rings. The van der Waals surface area contributed by atoms with Crippen LogP contribution in [0.3, 0.4) is 0 Å². The average molecular weight is 339 g/mol. The lowest BCUT2D eigenvalue weighted by Gasteiger charge is -2.24. The quantitative estimate of drug-likeness (QED) is 0.828. The van der Waals surface area contributed by atoms with E-state index < -0.39 is 15.9 Å². The molecule has 1 heterocycles. The number of sulfonamides is 1. The molecule has 0 aliphatic heterocycles. The van der Waals surface area contributed by atoms with Crippen molar-refractivity contribution in [2.75, 3.05) is 5.75 Å². The van der Waals surface area contributed by atoms with E-state index >= 15 is 0 Å². The summed E-state index contributed by atoms with van der Waals surface area (Å²) in [5, 5.41) is 4.35. The molecule has 1 amide bonds. The molecule has 1 aromatic heterocycles. The molecule has 1 N–H and O–H groups in total. The van der Waals surface area contributed by atoms with E-state index in [-0.39, 0.29) is 17.7 Å². The molecule has 1 atom stereocenters. The highest BCUT2D eigenvalue weighted by molar-refractivity contribution is 7.90. The van der Waals surface area contributed by atoms with Gasteiger partial charge in [0.25, 0.3) is 5.91 Å². The number of nitrogens with one attached hydrogen (secondary N) is 1. The van der Waals surface area contributed by atoms with Crippen LogP contribution in [0.15, 0.2) is 6.20 Å². The number of hydrogen-bond acceptors (Lipinski definition) is 4. The zero-order chi connectivity index (χ0) is 16.6. The summed E-state index contributed by atoms with van der Waals surface area (Å²) < 4.78 is 28.4. The molecule has 1 unspecified atom stereocenters. The van der Waals surface area contributed by atoms with Gasteiger partial charge in [0.2, 0.25) is 10.0 Å². The minimum Gasteiger partial charge on any atom is -0.268 e. The van der Waals surface area contributed by atoms with Crippen molar-refractivity contribution >= 4 is 15.9 Å². The monoisotopic (exact) mass is 339 g/mol. The predicted octanol–water partition coefficient (Wildman–Crippen LogP) is 2.59. The fourth-order valence-corrected chi connectivity index (χ4v) is 4.47. The van der Waals surface area contributed by atoms with Gasteiger partial charge in [0.1, 0.15) is 0 Å². The zero-order valence-corrected chi connectivity index (χ0v) is 14.6. The second kappa shape index (κ2) is 6.26. The van der Waals surface area contributed by atoms with E-state index in [0.717, 1.165) is 44.2 Å². The van der Waals surface area contributed by atoms with E-state index in [4.69, 9.17) is 0 Å². The Morgan fingerprint density at radius 3 is 2.61 bits per heavy atom. The molecule has 0 bridgehead atoms. The SMILES string of the molecule is CCC(C)n1ncc(C(=O)NS(=O)(=O)CC2CCC2)c1C1CC1. The maximum absolute atomic E-state index is 12.5. The topological polar surface area (TPSA) is 81.1 Å². The smallest absolute Gasteiger partial charge is 0.268 e. The van der Waals surface area contributed by atoms with E-state index in [1.54, 1.807) is 0 Å². The number of aromatic nitrogens is 2. The zero-order valence-electron chi connectivity index (χ0n) is 13.8. The van der Waals surface area contributed by atoms with Crippen molar-refractivity contribution in [2.24, 2.45) is 5.92 Å². The Bertz CT molecular complexity index is 687. The first-order valence-electron chi connectivity index (χ1n) is 8.53. The van der Waals surface area contributed by atoms with Crippen LogP contribution in [0.25, 0.3) is 0 Å². The highest BCUT2D eigenvalue weighted by Gasteiger charge is 2.34. The van der Waals surface area contributed by atoms with Crippen molar-refractivity contribution in [3.8, 4) is 0 Å². The van der Waals surface area contributed by atoms with Crippen LogP contribution in [0.4, 0.5) is 0 Å². The number of nitrogens with zero attached hydrogens (tertiary/aromatic N) is 2. The maximum Gasteiger partial charge on any atom is 0.268 e. The van der Waals surface area contributed by atoms with E-state index in [1.165, 1.54) is 6.20 Å². The minimum atomic E-state index is -3.56. The third-order valence-corrected chi connectivity index (χ3v) is 6.39. The van der Waals surface area contributed by atoms with Crippen molar-refractivity contribution in [3.63, 3.8) is 0 Å². The van der Waals surface area contributed by atoms with E-state index in [9.17, 15) is 13.2 Å². The molecule has 0 saturated heterocycles. The second-order valence-electron chi connectivity index (χ2n) is 6.93. The molecular weight excluding hydrogens is 314 g/mol. The lowest BCUT2D eigenvalue weighted by atomic mass is 9.87. The third kappa shape index (κ3) is 3.59. The Morgan fingerprint density at radius 2 is 2.09 bits per heavy atom. The van der Waals surface area contributed by atoms with Crippen LogP contribution in [0, 0.1) is 5.92 Å². The standard InChI is InChI=1S/C16H25N3O3S/c1-3-11(2)19-15(13-7-8-13)14(9-17-19)16(20)18-23(21,22)10-12-5-4-6-12/h9,11-13H,3-8,10H2,1-2H3,(H,18,20). The molecular formula is C16H25N3O3S. The van der Waals surface area contributed by atoms with E-state index in [1.807, 2.05) is 4.68 Å². The van der Waals surface area contributed by atoms with E-state index in [2.05, 4.69) is 23.7 Å². The molecule has 7 heteroatoms. The first kappa shape index (κ1) is 16.5. The number of amides is 1. The first-order valence-corrected chi connectivity index (χ1v) is 10.2. The van der Waals surface area contributed by atoms with Crippen LogP contribution in [0.5, 0.6) is 0 Å². The van der Waals surface area contributed by atoms with Gasteiger partial charge in [-0.3, -0.25) is 9.48 Å². The molecule has 2 aliphatic carbocycles. The first-order chi connectivity index (χ1) is 10.9. The van der Waals surface area contributed by atoms with Gasteiger partial charge in [0, 0.05) is 12.0 Å². The third-order valence-electron chi connectivity index (χ3n) is 4.98. The lowest BCUT2D eigenvalue weighted by Crippen LogP contribution is -2.36. The van der Waals surface area contributed by atoms with Crippen molar-refractivity contribution in [2.45, 2.75) is 64.3 Å². The van der Waals surface area contributed by atoms with Gasteiger partial charge in [-0.2, -0.15) is 5.10 Å². The van der Waals surface area contributed by atoms with Crippen LogP contribution in [-0.4, -0.2) is 29.9 Å². The molecule has 1 aromatic rings. The normalized spacial score (nSPS) is 20.1. The molecule has 23 heavy (non-hydrogen) atoms. The number of carbonyl (C=O) groups is 1. The summed E-state index contributed by atoms with van der Waals surface area (Å²) in [5.74, 6) is 0.0604. The molecule has 6 nitrogen and oxygen atoms in total. The summed E-state index contributed by atoms with van der Waals surface area (Å²) in [6, 6.07) is 0.207. The van der Waals surface area contributed by atoms with Crippen LogP contribution < -0.4 is 4.72 Å². The van der Waals surface area contributed by atoms with Crippen molar-refractivity contribution in [1.29, 1.82) is 0 Å². The van der Waals surface area contributed by atoms with Gasteiger partial charge in [0.05, 0.1) is 23.2 Å². The van der Waals surface area contributed by atoms with Crippen molar-refractivity contribution in [3.05, 3.63) is 17.5 Å². The van der Waals surface area contributed by atoms with E-state index in [0.29, 0.717) is 11.5 Å². The number of hydrogen-bond donors (Lipinski definition) is 1. The molecule has 2 saturated carbocycles. The Morgan fingerprint density at radius 1 is 1.39 bits per heavy atom. The second-order valence-corrected chi connectivity index (χ2v) is 8.70. The van der Waals surface area contributed by atoms with Crippen molar-refractivity contribution in [1.82, 2.24) is 14.5 Å². The Balaban J connectivity index is 1.78. The molecule has 0 aromatic carbocycles. The maximum atomic E-state index is 12.5. The Labute approximate surface area is 137 Å². The number of rotatable bonds is 7. The van der Waals surface area contributed by atoms with Gasteiger partial charge >= 0.3 is 0 Å². The fraction of sp³-hybridized carbons (Fsp3) is 0.750. The summed E-state index contributed by atoms with van der Waals surface area (Å²) in [4.78, 5) is 12.5. The summed E-state index contributed by atoms with van der Waals surface area (Å²) in [6.07, 6.45) is 7.48. The molecule has 3 rings (SSSR count). The average Bonchev–Trinajstić information content (AvgIpc) is 3.20. The highest BCUT2D eigenvalue weighted by Crippen LogP contribution is 2.42. The summed E-state index contributed by atoms with van der Waals surface area (Å²) in [6.45, 7) is 4.14.